The van der Waals surface area contributed by atoms with Crippen molar-refractivity contribution in [1.82, 2.24) is 0 Å². The number of rotatable bonds is 0. The molecule has 2 rings (SSSR count). The van der Waals surface area contributed by atoms with Crippen molar-refractivity contribution in [3.63, 3.8) is 0 Å². The fraction of sp³-hybridized carbons (Fsp3) is 0.200. The molecule has 72 valence electrons. The third kappa shape index (κ3) is 1.21. The Hall–Kier alpha value is -0.480. The van der Waals surface area contributed by atoms with Gasteiger partial charge >= 0.3 is 0 Å². The molecule has 1 aliphatic carbocycles. The van der Waals surface area contributed by atoms with Crippen molar-refractivity contribution in [3.8, 4) is 0 Å². The highest BCUT2D eigenvalue weighted by Crippen LogP contribution is 2.41. The van der Waals surface area contributed by atoms with Gasteiger partial charge in [-0.05, 0) is 13.0 Å². The number of alkyl halides is 2. The molecule has 0 aromatic heterocycles. The van der Waals surface area contributed by atoms with Crippen molar-refractivity contribution < 1.29 is 9.59 Å². The topological polar surface area (TPSA) is 34.1 Å². The maximum Gasteiger partial charge on any atom is 0.205 e. The van der Waals surface area contributed by atoms with Gasteiger partial charge in [-0.1, -0.05) is 49.6 Å². The third-order valence-corrected chi connectivity index (χ3v) is 3.68. The molecular weight excluding hydrogens is 312 g/mol. The van der Waals surface area contributed by atoms with Crippen LogP contribution in [0.5, 0.6) is 0 Å². The van der Waals surface area contributed by atoms with Gasteiger partial charge in [-0.3, -0.25) is 9.59 Å². The third-order valence-electron chi connectivity index (χ3n) is 2.23. The molecule has 0 spiro atoms. The lowest BCUT2D eigenvalue weighted by molar-refractivity contribution is 0.0922. The van der Waals surface area contributed by atoms with Crippen LogP contribution in [-0.4, -0.2) is 14.8 Å². The van der Waals surface area contributed by atoms with E-state index in [4.69, 9.17) is 0 Å². The lowest BCUT2D eigenvalue weighted by Crippen LogP contribution is -2.25. The van der Waals surface area contributed by atoms with Gasteiger partial charge in [0, 0.05) is 11.1 Å². The van der Waals surface area contributed by atoms with Crippen molar-refractivity contribution in [2.75, 3.05) is 0 Å². The first kappa shape index (κ1) is 10.1. The van der Waals surface area contributed by atoms with Crippen LogP contribution in [0.25, 0.3) is 0 Å². The summed E-state index contributed by atoms with van der Waals surface area (Å²) in [6.45, 7) is 1.89. The molecule has 4 heteroatoms. The Morgan fingerprint density at radius 2 is 1.64 bits per heavy atom. The molecule has 0 heterocycles. The fourth-order valence-electron chi connectivity index (χ4n) is 1.49. The molecule has 1 aliphatic rings. The van der Waals surface area contributed by atoms with Crippen LogP contribution in [0.1, 0.15) is 26.3 Å². The number of aryl methyl sites for hydroxylation is 1. The van der Waals surface area contributed by atoms with Crippen LogP contribution in [0.2, 0.25) is 0 Å². The smallest absolute Gasteiger partial charge is 0.205 e. The van der Waals surface area contributed by atoms with E-state index in [2.05, 4.69) is 31.9 Å². The van der Waals surface area contributed by atoms with E-state index in [1.165, 1.54) is 0 Å². The monoisotopic (exact) mass is 316 g/mol. The molecule has 0 amide bonds. The lowest BCUT2D eigenvalue weighted by Gasteiger charge is -2.06. The van der Waals surface area contributed by atoms with Gasteiger partial charge in [0.25, 0.3) is 0 Å². The Balaban J connectivity index is 2.71. The summed E-state index contributed by atoms with van der Waals surface area (Å²) in [7, 11) is 0. The van der Waals surface area contributed by atoms with E-state index in [9.17, 15) is 9.59 Å². The first-order chi connectivity index (χ1) is 6.44. The summed E-state index contributed by atoms with van der Waals surface area (Å²) >= 11 is 6.19. The summed E-state index contributed by atoms with van der Waals surface area (Å²) in [6.07, 6.45) is 0. The summed E-state index contributed by atoms with van der Waals surface area (Å²) in [5.41, 5.74) is 1.95. The minimum absolute atomic E-state index is 0.221. The van der Waals surface area contributed by atoms with E-state index in [0.717, 1.165) is 5.56 Å². The van der Waals surface area contributed by atoms with Crippen LogP contribution in [0.15, 0.2) is 18.2 Å². The van der Waals surface area contributed by atoms with Gasteiger partial charge in [0.15, 0.2) is 11.6 Å². The van der Waals surface area contributed by atoms with Crippen molar-refractivity contribution in [3.05, 3.63) is 34.9 Å². The summed E-state index contributed by atoms with van der Waals surface area (Å²) in [4.78, 5) is 23.5. The molecule has 0 bridgehead atoms. The highest BCUT2D eigenvalue weighted by molar-refractivity contribution is 9.26. The van der Waals surface area contributed by atoms with Gasteiger partial charge in [0.1, 0.15) is 0 Å². The number of halogens is 2. The molecule has 0 saturated heterocycles. The molecule has 14 heavy (non-hydrogen) atoms. The van der Waals surface area contributed by atoms with Gasteiger partial charge in [0.2, 0.25) is 3.23 Å². The highest BCUT2D eigenvalue weighted by atomic mass is 79.9. The van der Waals surface area contributed by atoms with E-state index < -0.39 is 3.23 Å². The molecule has 0 fully saturated rings. The van der Waals surface area contributed by atoms with Crippen molar-refractivity contribution >= 4 is 43.4 Å². The molecule has 0 saturated carbocycles. The van der Waals surface area contributed by atoms with Crippen LogP contribution in [0, 0.1) is 6.92 Å². The van der Waals surface area contributed by atoms with Crippen molar-refractivity contribution in [1.29, 1.82) is 0 Å². The SMILES string of the molecule is Cc1ccc2c(c1)C(=O)C(Br)(Br)C2=O. The van der Waals surface area contributed by atoms with Crippen molar-refractivity contribution in [2.24, 2.45) is 0 Å². The average Bonchev–Trinajstić information content (AvgIpc) is 2.29. The normalized spacial score (nSPS) is 18.5. The molecule has 0 N–H and O–H groups in total. The fourth-order valence-corrected chi connectivity index (χ4v) is 2.34. The van der Waals surface area contributed by atoms with Gasteiger partial charge in [-0.15, -0.1) is 0 Å². The van der Waals surface area contributed by atoms with E-state index in [1.54, 1.807) is 12.1 Å². The van der Waals surface area contributed by atoms with E-state index in [-0.39, 0.29) is 11.6 Å². The molecule has 0 aliphatic heterocycles. The van der Waals surface area contributed by atoms with Gasteiger partial charge in [-0.2, -0.15) is 0 Å². The number of ketones is 2. The molecule has 1 aromatic rings. The Morgan fingerprint density at radius 3 is 2.29 bits per heavy atom. The van der Waals surface area contributed by atoms with Crippen LogP contribution in [0.3, 0.4) is 0 Å². The zero-order chi connectivity index (χ0) is 10.5. The zero-order valence-electron chi connectivity index (χ0n) is 7.30. The first-order valence-corrected chi connectivity index (χ1v) is 5.61. The van der Waals surface area contributed by atoms with Crippen LogP contribution < -0.4 is 0 Å². The minimum Gasteiger partial charge on any atom is -0.291 e. The Labute approximate surface area is 97.9 Å². The summed E-state index contributed by atoms with van der Waals surface area (Å²) in [5.74, 6) is -0.446. The summed E-state index contributed by atoms with van der Waals surface area (Å²) in [6, 6.07) is 5.25. The molecule has 0 unspecified atom stereocenters. The molecule has 0 atom stereocenters. The number of fused-ring (bicyclic) bond motifs is 1. The molecule has 1 aromatic carbocycles. The standard InChI is InChI=1S/C10H6Br2O2/c1-5-2-3-6-7(4-5)9(14)10(11,12)8(6)13/h2-4H,1H3. The minimum atomic E-state index is -1.24. The number of hydrogen-bond acceptors (Lipinski definition) is 2. The Bertz CT molecular complexity index is 449. The summed E-state index contributed by atoms with van der Waals surface area (Å²) < 4.78 is -1.24. The lowest BCUT2D eigenvalue weighted by atomic mass is 10.1. The second-order valence-corrected chi connectivity index (χ2v) is 6.72. The summed E-state index contributed by atoms with van der Waals surface area (Å²) in [5, 5.41) is 0. The van der Waals surface area contributed by atoms with E-state index >= 15 is 0 Å². The molecule has 2 nitrogen and oxygen atoms in total. The maximum atomic E-state index is 11.8. The second kappa shape index (κ2) is 3.00. The Kier molecular flexibility index (Phi) is 2.16. The van der Waals surface area contributed by atoms with Gasteiger partial charge in [-0.25, -0.2) is 0 Å². The molecule has 0 radical (unpaired) electrons. The number of hydrogen-bond donors (Lipinski definition) is 0. The maximum absolute atomic E-state index is 11.8. The van der Waals surface area contributed by atoms with Crippen molar-refractivity contribution in [2.45, 2.75) is 10.2 Å². The van der Waals surface area contributed by atoms with Gasteiger partial charge in [0.05, 0.1) is 0 Å². The predicted octanol–water partition coefficient (Wildman–Crippen LogP) is 2.86. The number of Topliss-reactive ketones (excluding diaryl/α,β-unsaturated/α-hetero) is 2. The number of carbonyl (C=O) groups is 2. The van der Waals surface area contributed by atoms with Crippen LogP contribution in [0.4, 0.5) is 0 Å². The van der Waals surface area contributed by atoms with Crippen LogP contribution >= 0.6 is 31.9 Å². The van der Waals surface area contributed by atoms with Crippen LogP contribution in [-0.2, 0) is 0 Å². The quantitative estimate of drug-likeness (QED) is 0.544. The van der Waals surface area contributed by atoms with Gasteiger partial charge < -0.3 is 0 Å². The first-order valence-electron chi connectivity index (χ1n) is 4.02. The number of carbonyl (C=O) groups excluding carboxylic acids is 2. The Morgan fingerprint density at radius 1 is 1.07 bits per heavy atom. The number of benzene rings is 1. The average molecular weight is 318 g/mol. The largest absolute Gasteiger partial charge is 0.291 e. The van der Waals surface area contributed by atoms with E-state index in [0.29, 0.717) is 11.1 Å². The second-order valence-electron chi connectivity index (χ2n) is 3.28. The molecular formula is C10H6Br2O2. The van der Waals surface area contributed by atoms with E-state index in [1.807, 2.05) is 13.0 Å². The zero-order valence-corrected chi connectivity index (χ0v) is 10.5. The highest BCUT2D eigenvalue weighted by Gasteiger charge is 2.49. The predicted molar refractivity (Wildman–Crippen MR) is 60.4 cm³/mol.